The summed E-state index contributed by atoms with van der Waals surface area (Å²) in [6.45, 7) is 7.42. The van der Waals surface area contributed by atoms with Gasteiger partial charge in [0.2, 0.25) is 0 Å². The van der Waals surface area contributed by atoms with Crippen molar-refractivity contribution in [1.82, 2.24) is 10.1 Å². The predicted molar refractivity (Wildman–Crippen MR) is 100 cm³/mol. The van der Waals surface area contributed by atoms with E-state index in [1.165, 1.54) is 12.1 Å². The summed E-state index contributed by atoms with van der Waals surface area (Å²) in [4.78, 5) is 14.4. The molecule has 0 saturated carbocycles. The maximum Gasteiger partial charge on any atom is 0.276 e. The molecule has 0 aliphatic heterocycles. The van der Waals surface area contributed by atoms with Crippen molar-refractivity contribution in [2.75, 3.05) is 20.2 Å². The average Bonchev–Trinajstić information content (AvgIpc) is 3.05. The number of aromatic nitrogens is 1. The first-order valence-electron chi connectivity index (χ1n) is 9.37. The van der Waals surface area contributed by atoms with Crippen molar-refractivity contribution in [3.8, 4) is 5.75 Å². The molecule has 5 nitrogen and oxygen atoms in total. The number of ether oxygens (including phenoxy) is 1. The molecule has 1 amide bonds. The molecule has 0 unspecified atom stereocenters. The molecule has 2 aromatic rings. The smallest absolute Gasteiger partial charge is 0.276 e. The molecule has 1 aromatic carbocycles. The van der Waals surface area contributed by atoms with Crippen LogP contribution in [-0.2, 0) is 12.8 Å². The second-order valence-corrected chi connectivity index (χ2v) is 8.27. The van der Waals surface area contributed by atoms with Gasteiger partial charge in [0.25, 0.3) is 5.91 Å². The number of halogens is 1. The van der Waals surface area contributed by atoms with Crippen LogP contribution in [0.5, 0.6) is 5.75 Å². The lowest BCUT2D eigenvalue weighted by Gasteiger charge is -2.33. The van der Waals surface area contributed by atoms with E-state index in [4.69, 9.17) is 9.26 Å². The summed E-state index contributed by atoms with van der Waals surface area (Å²) in [6.07, 6.45) is 2.71. The minimum Gasteiger partial charge on any atom is -0.492 e. The number of amides is 1. The highest BCUT2D eigenvalue weighted by Gasteiger charge is 2.34. The van der Waals surface area contributed by atoms with Crippen LogP contribution in [0.15, 0.2) is 28.8 Å². The van der Waals surface area contributed by atoms with Crippen LogP contribution in [0.1, 0.15) is 49.0 Å². The molecule has 0 N–H and O–H groups in total. The molecule has 1 atom stereocenters. The van der Waals surface area contributed by atoms with Crippen molar-refractivity contribution in [1.29, 1.82) is 0 Å². The third-order valence-corrected chi connectivity index (χ3v) is 5.32. The second kappa shape index (κ2) is 7.71. The number of likely N-dealkylation sites (N-methyl/N-ethyl adjacent to an activating group) is 1. The minimum absolute atomic E-state index is 0.155. The van der Waals surface area contributed by atoms with Crippen molar-refractivity contribution in [3.63, 3.8) is 0 Å². The second-order valence-electron chi connectivity index (χ2n) is 8.27. The maximum atomic E-state index is 12.9. The van der Waals surface area contributed by atoms with Gasteiger partial charge in [0.05, 0.1) is 6.54 Å². The molecule has 146 valence electrons. The number of hydrogen-bond acceptors (Lipinski definition) is 4. The van der Waals surface area contributed by atoms with E-state index < -0.39 is 0 Å². The van der Waals surface area contributed by atoms with E-state index in [9.17, 15) is 9.18 Å². The van der Waals surface area contributed by atoms with E-state index >= 15 is 0 Å². The van der Waals surface area contributed by atoms with E-state index in [0.29, 0.717) is 30.5 Å². The van der Waals surface area contributed by atoms with Gasteiger partial charge in [0.15, 0.2) is 5.69 Å². The van der Waals surface area contributed by atoms with Crippen LogP contribution < -0.4 is 4.74 Å². The number of benzene rings is 1. The van der Waals surface area contributed by atoms with E-state index in [-0.39, 0.29) is 17.1 Å². The van der Waals surface area contributed by atoms with Crippen LogP contribution in [0.25, 0.3) is 0 Å². The standard InChI is InChI=1S/C21H27FN2O3/c1-21(2,3)14-5-10-18-17(13-14)19(23-27-18)20(25)24(4)11-12-26-16-8-6-15(22)7-9-16/h6-9,14H,5,10-13H2,1-4H3/t14-/m1/s1. The highest BCUT2D eigenvalue weighted by molar-refractivity contribution is 5.93. The van der Waals surface area contributed by atoms with E-state index in [1.54, 1.807) is 24.1 Å². The van der Waals surface area contributed by atoms with Crippen LogP contribution in [0.3, 0.4) is 0 Å². The van der Waals surface area contributed by atoms with Crippen LogP contribution >= 0.6 is 0 Å². The van der Waals surface area contributed by atoms with Gasteiger partial charge in [-0.1, -0.05) is 25.9 Å². The van der Waals surface area contributed by atoms with Crippen LogP contribution in [0.2, 0.25) is 0 Å². The zero-order valence-electron chi connectivity index (χ0n) is 16.4. The average molecular weight is 374 g/mol. The summed E-state index contributed by atoms with van der Waals surface area (Å²) in [5.74, 6) is 1.46. The fourth-order valence-electron chi connectivity index (χ4n) is 3.42. The van der Waals surface area contributed by atoms with E-state index in [2.05, 4.69) is 25.9 Å². The van der Waals surface area contributed by atoms with Gasteiger partial charge in [-0.3, -0.25) is 4.79 Å². The Hall–Kier alpha value is -2.37. The Kier molecular flexibility index (Phi) is 5.53. The maximum absolute atomic E-state index is 12.9. The van der Waals surface area contributed by atoms with Gasteiger partial charge in [0.1, 0.15) is 23.9 Å². The van der Waals surface area contributed by atoms with Gasteiger partial charge >= 0.3 is 0 Å². The summed E-state index contributed by atoms with van der Waals surface area (Å²) in [6, 6.07) is 5.82. The number of hydrogen-bond donors (Lipinski definition) is 0. The fourth-order valence-corrected chi connectivity index (χ4v) is 3.42. The molecule has 1 aliphatic carbocycles. The Balaban J connectivity index is 1.61. The number of carbonyl (C=O) groups excluding carboxylic acids is 1. The number of rotatable bonds is 5. The van der Waals surface area contributed by atoms with Crippen molar-refractivity contribution < 1.29 is 18.4 Å². The molecule has 3 rings (SSSR count). The molecular formula is C21H27FN2O3. The van der Waals surface area contributed by atoms with Crippen molar-refractivity contribution in [2.45, 2.75) is 40.0 Å². The Morgan fingerprint density at radius 3 is 2.70 bits per heavy atom. The summed E-state index contributed by atoms with van der Waals surface area (Å²) >= 11 is 0. The molecule has 1 heterocycles. The Bertz CT molecular complexity index is 793. The van der Waals surface area contributed by atoms with Gasteiger partial charge < -0.3 is 14.2 Å². The monoisotopic (exact) mass is 374 g/mol. The zero-order chi connectivity index (χ0) is 19.6. The van der Waals surface area contributed by atoms with Crippen LogP contribution in [0.4, 0.5) is 4.39 Å². The summed E-state index contributed by atoms with van der Waals surface area (Å²) in [7, 11) is 1.72. The molecule has 1 aromatic heterocycles. The quantitative estimate of drug-likeness (QED) is 0.790. The largest absolute Gasteiger partial charge is 0.492 e. The van der Waals surface area contributed by atoms with E-state index in [0.717, 1.165) is 30.6 Å². The number of nitrogens with zero attached hydrogens (tertiary/aromatic N) is 2. The van der Waals surface area contributed by atoms with E-state index in [1.807, 2.05) is 0 Å². The van der Waals surface area contributed by atoms with Gasteiger partial charge in [-0.15, -0.1) is 0 Å². The zero-order valence-corrected chi connectivity index (χ0v) is 16.4. The lowest BCUT2D eigenvalue weighted by atomic mass is 9.71. The molecule has 0 saturated heterocycles. The SMILES string of the molecule is CN(CCOc1ccc(F)cc1)C(=O)c1noc2c1C[C@H](C(C)(C)C)CC2. The van der Waals surface area contributed by atoms with Crippen molar-refractivity contribution >= 4 is 5.91 Å². The first-order valence-corrected chi connectivity index (χ1v) is 9.37. The summed E-state index contributed by atoms with van der Waals surface area (Å²) in [5.41, 5.74) is 1.56. The lowest BCUT2D eigenvalue weighted by Crippen LogP contribution is -2.33. The van der Waals surface area contributed by atoms with Gasteiger partial charge in [0, 0.05) is 19.0 Å². The number of carbonyl (C=O) groups is 1. The normalized spacial score (nSPS) is 16.7. The minimum atomic E-state index is -0.306. The summed E-state index contributed by atoms with van der Waals surface area (Å²) in [5, 5.41) is 4.06. The molecule has 27 heavy (non-hydrogen) atoms. The van der Waals surface area contributed by atoms with Crippen molar-refractivity contribution in [2.24, 2.45) is 11.3 Å². The Labute approximate surface area is 159 Å². The highest BCUT2D eigenvalue weighted by atomic mass is 19.1. The molecule has 0 bridgehead atoms. The molecular weight excluding hydrogens is 347 g/mol. The fraction of sp³-hybridized carbons (Fsp3) is 0.524. The number of aryl methyl sites for hydroxylation is 1. The number of fused-ring (bicyclic) bond motifs is 1. The molecule has 0 fully saturated rings. The summed E-state index contributed by atoms with van der Waals surface area (Å²) < 4.78 is 23.9. The highest BCUT2D eigenvalue weighted by Crippen LogP contribution is 2.38. The van der Waals surface area contributed by atoms with Gasteiger partial charge in [-0.2, -0.15) is 0 Å². The molecule has 1 aliphatic rings. The third-order valence-electron chi connectivity index (χ3n) is 5.32. The van der Waals surface area contributed by atoms with Crippen LogP contribution in [-0.4, -0.2) is 36.2 Å². The van der Waals surface area contributed by atoms with Crippen LogP contribution in [0, 0.1) is 17.2 Å². The van der Waals surface area contributed by atoms with Crippen molar-refractivity contribution in [3.05, 3.63) is 47.1 Å². The molecule has 0 spiro atoms. The van der Waals surface area contributed by atoms with Gasteiger partial charge in [-0.05, 0) is 48.4 Å². The molecule has 6 heteroatoms. The predicted octanol–water partition coefficient (Wildman–Crippen LogP) is 4.12. The first-order chi connectivity index (χ1) is 12.8. The van der Waals surface area contributed by atoms with Gasteiger partial charge in [-0.25, -0.2) is 4.39 Å². The first kappa shape index (κ1) is 19.4. The Morgan fingerprint density at radius 1 is 1.33 bits per heavy atom. The lowest BCUT2D eigenvalue weighted by molar-refractivity contribution is 0.0762. The topological polar surface area (TPSA) is 55.6 Å². The third kappa shape index (κ3) is 4.49. The molecule has 0 radical (unpaired) electrons. The Morgan fingerprint density at radius 2 is 2.04 bits per heavy atom.